The zero-order chi connectivity index (χ0) is 53.9. The van der Waals surface area contributed by atoms with Gasteiger partial charge in [-0.15, -0.1) is 0 Å². The third kappa shape index (κ3) is 14.5. The Bertz CT molecular complexity index is 3330. The number of hydrogen-bond donors (Lipinski definition) is 5. The van der Waals surface area contributed by atoms with Gasteiger partial charge in [-0.05, 0) is 116 Å². The Morgan fingerprint density at radius 3 is 1.51 bits per heavy atom. The van der Waals surface area contributed by atoms with Crippen LogP contribution in [-0.4, -0.2) is 82.9 Å². The fourth-order valence-electron chi connectivity index (χ4n) is 9.52. The van der Waals surface area contributed by atoms with Crippen LogP contribution in [0.4, 0.5) is 17.3 Å². The van der Waals surface area contributed by atoms with E-state index in [1.807, 2.05) is 120 Å². The molecule has 0 amide bonds. The predicted molar refractivity (Wildman–Crippen MR) is 303 cm³/mol. The number of nitrogens with one attached hydrogen (secondary N) is 1. The van der Waals surface area contributed by atoms with Crippen molar-refractivity contribution in [1.82, 2.24) is 39.3 Å². The molecule has 2 saturated heterocycles. The van der Waals surface area contributed by atoms with Gasteiger partial charge in [-0.1, -0.05) is 109 Å². The summed E-state index contributed by atoms with van der Waals surface area (Å²) in [5.74, 6) is 3.14. The summed E-state index contributed by atoms with van der Waals surface area (Å²) in [6.45, 7) is 14.6. The van der Waals surface area contributed by atoms with E-state index in [0.29, 0.717) is 23.0 Å². The largest absolute Gasteiger partial charge is 0.481 e. The summed E-state index contributed by atoms with van der Waals surface area (Å²) in [6, 6.07) is 56.5. The van der Waals surface area contributed by atoms with Crippen molar-refractivity contribution in [1.29, 1.82) is 5.41 Å². The topological polar surface area (TPSA) is 230 Å². The molecule has 2 fully saturated rings. The van der Waals surface area contributed by atoms with Crippen molar-refractivity contribution < 1.29 is 19.4 Å². The number of benzene rings is 6. The molecule has 17 nitrogen and oxygen atoms in total. The highest BCUT2D eigenvalue weighted by molar-refractivity contribution is 5.98. The van der Waals surface area contributed by atoms with Crippen molar-refractivity contribution in [3.05, 3.63) is 199 Å². The minimum Gasteiger partial charge on any atom is -0.481 e. The highest BCUT2D eigenvalue weighted by Gasteiger charge is 2.29. The van der Waals surface area contributed by atoms with E-state index in [2.05, 4.69) is 89.6 Å². The number of aliphatic carboxylic acids is 1. The van der Waals surface area contributed by atoms with Gasteiger partial charge in [0.2, 0.25) is 0 Å². The molecule has 0 spiro atoms. The third-order valence-corrected chi connectivity index (χ3v) is 12.9. The number of fused-ring (bicyclic) bond motifs is 1. The molecule has 2 aliphatic heterocycles. The number of carboxylic acids is 1. The molecule has 6 aromatic carbocycles. The Morgan fingerprint density at radius 1 is 0.649 bits per heavy atom. The van der Waals surface area contributed by atoms with Gasteiger partial charge in [0.1, 0.15) is 52.3 Å². The number of piperidine rings is 2. The lowest BCUT2D eigenvalue weighted by Crippen LogP contribution is -2.36. The van der Waals surface area contributed by atoms with Gasteiger partial charge in [-0.2, -0.15) is 10.2 Å². The molecule has 392 valence electrons. The first-order valence-corrected chi connectivity index (χ1v) is 25.4. The number of para-hydroxylation sites is 2. The van der Waals surface area contributed by atoms with E-state index < -0.39 is 5.97 Å². The smallest absolute Gasteiger partial charge is 0.300 e. The van der Waals surface area contributed by atoms with E-state index in [4.69, 9.17) is 53.0 Å². The number of nitrogens with two attached hydrogens (primary N) is 3. The van der Waals surface area contributed by atoms with Gasteiger partial charge in [0.15, 0.2) is 5.65 Å². The molecular formula is C60H63N13O4. The number of likely N-dealkylation sites (tertiary alicyclic amines) is 2. The summed E-state index contributed by atoms with van der Waals surface area (Å²) in [7, 11) is 0. The number of aromatic nitrogens is 6. The number of hydrogen-bond acceptors (Lipinski definition) is 12. The summed E-state index contributed by atoms with van der Waals surface area (Å²) in [6.07, 6.45) is 6.51. The second-order valence-electron chi connectivity index (χ2n) is 18.5. The van der Waals surface area contributed by atoms with Crippen molar-refractivity contribution in [3.63, 3.8) is 0 Å². The number of rotatable bonds is 12. The fourth-order valence-corrected chi connectivity index (χ4v) is 9.52. The molecule has 0 aliphatic carbocycles. The molecule has 0 unspecified atom stereocenters. The Labute approximate surface area is 448 Å². The Morgan fingerprint density at radius 2 is 1.05 bits per heavy atom. The first-order chi connectivity index (χ1) is 37.6. The van der Waals surface area contributed by atoms with Crippen LogP contribution in [0.3, 0.4) is 0 Å². The SMILES string of the molecule is CC(=O)O.N=CN.Nc1ncnc2c1c(-c1ccc(Oc3ccccc3)cc1)nn2[C@@H]1CCCN(Cc2ccccc2)C1.[C-]#[N+]c1c(-c2ccc(Oc3ccccc3)cc2)nn([C@@H]2CCCN(Cc3ccccc3)C2)c1N. The van der Waals surface area contributed by atoms with Crippen molar-refractivity contribution in [3.8, 4) is 45.5 Å². The quantitative estimate of drug-likeness (QED) is 0.0436. The molecule has 5 heterocycles. The van der Waals surface area contributed by atoms with Crippen LogP contribution in [0.5, 0.6) is 23.0 Å². The van der Waals surface area contributed by atoms with Crippen LogP contribution in [0.1, 0.15) is 55.8 Å². The maximum atomic E-state index is 9.00. The van der Waals surface area contributed by atoms with Gasteiger partial charge in [-0.3, -0.25) is 24.7 Å². The number of nitrogen functional groups attached to an aromatic ring is 2. The van der Waals surface area contributed by atoms with Crippen LogP contribution in [0.15, 0.2) is 176 Å². The number of nitrogens with zero attached hydrogens (tertiary/aromatic N) is 9. The molecule has 0 radical (unpaired) electrons. The van der Waals surface area contributed by atoms with E-state index >= 15 is 0 Å². The third-order valence-electron chi connectivity index (χ3n) is 12.9. The standard InChI is InChI=1S/C29H28N6O.C28H27N5O.C2H4O2.CH4N2/c30-28-26-27(22-13-15-25(16-14-22)36-24-11-5-2-6-12-24)33-35(29(26)32-20-31-28)23-10-7-17-34(19-23)18-21-8-3-1-4-9-21;1-30-27-26(22-14-16-25(17-15-22)34-24-12-6-3-7-13-24)31-33(28(27)29)23-11-8-18-32(20-23)19-21-9-4-2-5-10-21;1-2(3)4;2-1-3/h1-6,8-9,11-16,20,23H,7,10,17-19H2,(H2,30,31,32);2-7,9-10,12-17,23H,8,11,18-20,29H2;1H3,(H,3,4);1H,(H3,2,3)/t2*23-;;/m11../s1. The molecule has 9 aromatic rings. The Balaban J connectivity index is 0.000000182. The van der Waals surface area contributed by atoms with Gasteiger partial charge in [0.05, 0.1) is 30.4 Å². The first-order valence-electron chi connectivity index (χ1n) is 25.4. The maximum Gasteiger partial charge on any atom is 0.300 e. The van der Waals surface area contributed by atoms with Gasteiger partial charge in [0.25, 0.3) is 11.7 Å². The number of anilines is 2. The van der Waals surface area contributed by atoms with E-state index in [0.717, 1.165) is 129 Å². The second-order valence-corrected chi connectivity index (χ2v) is 18.5. The van der Waals surface area contributed by atoms with Crippen LogP contribution in [0.2, 0.25) is 0 Å². The molecule has 3 aromatic heterocycles. The number of carbonyl (C=O) groups is 1. The summed E-state index contributed by atoms with van der Waals surface area (Å²) in [4.78, 5) is 26.6. The van der Waals surface area contributed by atoms with Gasteiger partial charge in [-0.25, -0.2) is 19.5 Å². The van der Waals surface area contributed by atoms with Gasteiger partial charge < -0.3 is 31.8 Å². The van der Waals surface area contributed by atoms with Crippen LogP contribution < -0.4 is 26.7 Å². The lowest BCUT2D eigenvalue weighted by molar-refractivity contribution is -0.134. The molecule has 77 heavy (non-hydrogen) atoms. The molecule has 2 atom stereocenters. The molecule has 2 aliphatic rings. The normalized spacial score (nSPS) is 15.2. The van der Waals surface area contributed by atoms with Crippen LogP contribution in [0, 0.1) is 12.0 Å². The van der Waals surface area contributed by atoms with E-state index in [-0.39, 0.29) is 12.1 Å². The van der Waals surface area contributed by atoms with Crippen molar-refractivity contribution in [2.24, 2.45) is 5.73 Å². The highest BCUT2D eigenvalue weighted by atomic mass is 16.5. The summed E-state index contributed by atoms with van der Waals surface area (Å²) >= 11 is 0. The lowest BCUT2D eigenvalue weighted by atomic mass is 10.0. The average molecular weight is 1030 g/mol. The zero-order valence-electron chi connectivity index (χ0n) is 43.0. The van der Waals surface area contributed by atoms with Crippen LogP contribution in [0.25, 0.3) is 38.4 Å². The van der Waals surface area contributed by atoms with Crippen molar-refractivity contribution in [2.45, 2.75) is 57.8 Å². The zero-order valence-corrected chi connectivity index (χ0v) is 43.0. The lowest BCUT2D eigenvalue weighted by Gasteiger charge is -2.33. The Kier molecular flexibility index (Phi) is 18.7. The number of ether oxygens (including phenoxy) is 2. The van der Waals surface area contributed by atoms with Crippen LogP contribution in [-0.2, 0) is 17.9 Å². The molecule has 17 heteroatoms. The minimum absolute atomic E-state index is 0.146. The van der Waals surface area contributed by atoms with Gasteiger partial charge >= 0.3 is 0 Å². The Hall–Kier alpha value is -9.37. The maximum absolute atomic E-state index is 9.00. The van der Waals surface area contributed by atoms with Gasteiger partial charge in [0, 0.05) is 38.7 Å². The van der Waals surface area contributed by atoms with E-state index in [1.54, 1.807) is 0 Å². The minimum atomic E-state index is -0.833. The molecule has 0 bridgehead atoms. The average Bonchev–Trinajstić information content (AvgIpc) is 4.01. The molecule has 11 rings (SSSR count). The van der Waals surface area contributed by atoms with E-state index in [1.165, 1.54) is 17.5 Å². The molecule has 8 N–H and O–H groups in total. The first kappa shape index (κ1) is 53.9. The molecular weight excluding hydrogens is 967 g/mol. The van der Waals surface area contributed by atoms with Crippen molar-refractivity contribution in [2.75, 3.05) is 37.6 Å². The molecule has 0 saturated carbocycles. The van der Waals surface area contributed by atoms with Crippen LogP contribution >= 0.6 is 0 Å². The number of carboxylic acid groups (broad SMARTS) is 1. The monoisotopic (exact) mass is 1030 g/mol. The summed E-state index contributed by atoms with van der Waals surface area (Å²) < 4.78 is 15.8. The summed E-state index contributed by atoms with van der Waals surface area (Å²) in [5, 5.41) is 24.0. The van der Waals surface area contributed by atoms with E-state index in [9.17, 15) is 0 Å². The second kappa shape index (κ2) is 26.7. The van der Waals surface area contributed by atoms with Crippen molar-refractivity contribution >= 4 is 40.7 Å². The summed E-state index contributed by atoms with van der Waals surface area (Å²) in [5.41, 5.74) is 24.3. The highest BCUT2D eigenvalue weighted by Crippen LogP contribution is 2.40. The predicted octanol–water partition coefficient (Wildman–Crippen LogP) is 11.7. The fraction of sp³-hybridized carbons (Fsp3) is 0.217.